The topological polar surface area (TPSA) is 73.9 Å². The molecule has 0 radical (unpaired) electrons. The van der Waals surface area contributed by atoms with E-state index in [-0.39, 0.29) is 23.5 Å². The van der Waals surface area contributed by atoms with Crippen molar-refractivity contribution in [1.82, 2.24) is 15.1 Å². The van der Waals surface area contributed by atoms with Crippen LogP contribution < -0.4 is 15.4 Å². The number of urea groups is 1. The molecule has 29 heavy (non-hydrogen) atoms. The van der Waals surface area contributed by atoms with E-state index in [0.717, 1.165) is 16.9 Å². The summed E-state index contributed by atoms with van der Waals surface area (Å²) in [6.45, 7) is 7.54. The molecule has 1 aromatic rings. The molecule has 0 aromatic heterocycles. The number of allylic oxidation sites excluding steroid dienone is 1. The van der Waals surface area contributed by atoms with Crippen molar-refractivity contribution in [2.45, 2.75) is 26.9 Å². The van der Waals surface area contributed by atoms with Crippen molar-refractivity contribution in [3.8, 4) is 5.75 Å². The Hall–Kier alpha value is -3.22. The molecule has 0 saturated carbocycles. The maximum Gasteiger partial charge on any atom is 0.326 e. The van der Waals surface area contributed by atoms with Gasteiger partial charge in [-0.1, -0.05) is 20.8 Å². The number of hydrogen-bond donors (Lipinski definition) is 2. The molecule has 7 heteroatoms. The van der Waals surface area contributed by atoms with Gasteiger partial charge in [-0.25, -0.2) is 4.79 Å². The van der Waals surface area contributed by atoms with Crippen LogP contribution in [0.4, 0.5) is 10.5 Å². The van der Waals surface area contributed by atoms with Crippen LogP contribution in [-0.2, 0) is 4.79 Å². The van der Waals surface area contributed by atoms with Crippen LogP contribution in [0.25, 0.3) is 0 Å². The van der Waals surface area contributed by atoms with Gasteiger partial charge in [0.15, 0.2) is 0 Å². The number of fused-ring (bicyclic) bond motifs is 1. The molecule has 0 spiro atoms. The summed E-state index contributed by atoms with van der Waals surface area (Å²) in [4.78, 5) is 28.2. The van der Waals surface area contributed by atoms with Gasteiger partial charge in [0.25, 0.3) is 0 Å². The number of amides is 3. The van der Waals surface area contributed by atoms with Gasteiger partial charge in [-0.05, 0) is 41.5 Å². The highest BCUT2D eigenvalue weighted by Gasteiger charge is 2.37. The van der Waals surface area contributed by atoms with Crippen molar-refractivity contribution in [3.05, 3.63) is 60.1 Å². The summed E-state index contributed by atoms with van der Waals surface area (Å²) in [7, 11) is 0. The smallest absolute Gasteiger partial charge is 0.326 e. The number of anilines is 1. The van der Waals surface area contributed by atoms with E-state index in [9.17, 15) is 9.59 Å². The van der Waals surface area contributed by atoms with E-state index in [4.69, 9.17) is 4.74 Å². The minimum absolute atomic E-state index is 0.0104. The van der Waals surface area contributed by atoms with E-state index >= 15 is 0 Å². The van der Waals surface area contributed by atoms with Crippen LogP contribution in [0.2, 0.25) is 0 Å². The molecular formula is C22H26N4O3. The average Bonchev–Trinajstić information content (AvgIpc) is 3.09. The van der Waals surface area contributed by atoms with Gasteiger partial charge in [0.2, 0.25) is 5.91 Å². The number of nitrogens with one attached hydrogen (secondary N) is 2. The molecule has 152 valence electrons. The summed E-state index contributed by atoms with van der Waals surface area (Å²) >= 11 is 0. The SMILES string of the molecule is CC(C)(C)C(=O)N1CC(Oc2ccc(NC(=O)N3C=C4C=CNC=C4C3)cc2)C1. The molecule has 3 aliphatic rings. The molecule has 1 aromatic carbocycles. The molecule has 3 aliphatic heterocycles. The molecule has 7 nitrogen and oxygen atoms in total. The standard InChI is InChI=1S/C22H26N4O3/c1-22(2,3)20(27)25-13-19(14-25)29-18-6-4-17(5-7-18)24-21(28)26-11-15-8-9-23-10-16(15)12-26/h4-11,19,23H,12-14H2,1-3H3,(H,24,28). The number of carbonyl (C=O) groups is 2. The van der Waals surface area contributed by atoms with Gasteiger partial charge in [0, 0.05) is 29.7 Å². The second-order valence-corrected chi connectivity index (χ2v) is 8.54. The van der Waals surface area contributed by atoms with Crippen LogP contribution >= 0.6 is 0 Å². The zero-order chi connectivity index (χ0) is 20.6. The third-order valence-electron chi connectivity index (χ3n) is 5.07. The quantitative estimate of drug-likeness (QED) is 0.826. The molecule has 3 amide bonds. The summed E-state index contributed by atoms with van der Waals surface area (Å²) in [6, 6.07) is 7.13. The second-order valence-electron chi connectivity index (χ2n) is 8.54. The van der Waals surface area contributed by atoms with Gasteiger partial charge < -0.3 is 20.3 Å². The third kappa shape index (κ3) is 4.13. The lowest BCUT2D eigenvalue weighted by Crippen LogP contribution is -2.58. The molecule has 0 bridgehead atoms. The number of nitrogens with zero attached hydrogens (tertiary/aromatic N) is 2. The van der Waals surface area contributed by atoms with Crippen molar-refractivity contribution in [1.29, 1.82) is 0 Å². The molecule has 4 rings (SSSR count). The van der Waals surface area contributed by atoms with Crippen molar-refractivity contribution in [2.75, 3.05) is 25.0 Å². The summed E-state index contributed by atoms with van der Waals surface area (Å²) < 4.78 is 5.92. The number of ether oxygens (including phenoxy) is 1. The van der Waals surface area contributed by atoms with Gasteiger partial charge in [0.05, 0.1) is 19.6 Å². The van der Waals surface area contributed by atoms with Crippen molar-refractivity contribution < 1.29 is 14.3 Å². The second kappa shape index (κ2) is 7.31. The Morgan fingerprint density at radius 1 is 1.17 bits per heavy atom. The van der Waals surface area contributed by atoms with Crippen LogP contribution in [0.15, 0.2) is 60.1 Å². The molecule has 2 N–H and O–H groups in total. The average molecular weight is 394 g/mol. The highest BCUT2D eigenvalue weighted by atomic mass is 16.5. The first-order valence-corrected chi connectivity index (χ1v) is 9.77. The maximum atomic E-state index is 12.5. The number of likely N-dealkylation sites (tertiary alicyclic amines) is 1. The molecule has 1 fully saturated rings. The first kappa shape index (κ1) is 19.1. The predicted octanol–water partition coefficient (Wildman–Crippen LogP) is 3.05. The van der Waals surface area contributed by atoms with Crippen molar-refractivity contribution >= 4 is 17.6 Å². The number of dihydropyridines is 1. The Bertz CT molecular complexity index is 903. The fraction of sp³-hybridized carbons (Fsp3) is 0.364. The number of benzene rings is 1. The van der Waals surface area contributed by atoms with Crippen molar-refractivity contribution in [3.63, 3.8) is 0 Å². The van der Waals surface area contributed by atoms with Crippen LogP contribution in [0.1, 0.15) is 20.8 Å². The fourth-order valence-corrected chi connectivity index (χ4v) is 3.42. The van der Waals surface area contributed by atoms with E-state index in [0.29, 0.717) is 25.3 Å². The maximum absolute atomic E-state index is 12.5. The first-order valence-electron chi connectivity index (χ1n) is 9.77. The van der Waals surface area contributed by atoms with Gasteiger partial charge >= 0.3 is 6.03 Å². The lowest BCUT2D eigenvalue weighted by atomic mass is 9.93. The molecule has 1 saturated heterocycles. The third-order valence-corrected chi connectivity index (χ3v) is 5.07. The summed E-state index contributed by atoms with van der Waals surface area (Å²) in [5.41, 5.74) is 2.47. The Kier molecular flexibility index (Phi) is 4.82. The summed E-state index contributed by atoms with van der Waals surface area (Å²) in [6.07, 6.45) is 7.55. The van der Waals surface area contributed by atoms with Gasteiger partial charge in [-0.15, -0.1) is 0 Å². The highest BCUT2D eigenvalue weighted by Crippen LogP contribution is 2.26. The summed E-state index contributed by atoms with van der Waals surface area (Å²) in [5.74, 6) is 0.876. The van der Waals surface area contributed by atoms with Gasteiger partial charge in [-0.2, -0.15) is 0 Å². The molecular weight excluding hydrogens is 368 g/mol. The van der Waals surface area contributed by atoms with E-state index in [1.807, 2.05) is 74.6 Å². The van der Waals surface area contributed by atoms with E-state index in [1.165, 1.54) is 0 Å². The van der Waals surface area contributed by atoms with Crippen LogP contribution in [0.3, 0.4) is 0 Å². The minimum atomic E-state index is -0.364. The Morgan fingerprint density at radius 3 is 2.55 bits per heavy atom. The fourth-order valence-electron chi connectivity index (χ4n) is 3.42. The molecule has 3 heterocycles. The van der Waals surface area contributed by atoms with E-state index < -0.39 is 0 Å². The Labute approximate surface area is 170 Å². The first-order chi connectivity index (χ1) is 13.8. The monoisotopic (exact) mass is 394 g/mol. The number of carbonyl (C=O) groups excluding carboxylic acids is 2. The van der Waals surface area contributed by atoms with Crippen LogP contribution in [0.5, 0.6) is 5.75 Å². The summed E-state index contributed by atoms with van der Waals surface area (Å²) in [5, 5.41) is 5.94. The van der Waals surface area contributed by atoms with Gasteiger partial charge in [0.1, 0.15) is 11.9 Å². The zero-order valence-corrected chi connectivity index (χ0v) is 16.9. The Balaban J connectivity index is 1.27. The zero-order valence-electron chi connectivity index (χ0n) is 16.9. The number of rotatable bonds is 3. The lowest BCUT2D eigenvalue weighted by Gasteiger charge is -2.41. The van der Waals surface area contributed by atoms with Crippen LogP contribution in [-0.4, -0.2) is 47.5 Å². The Morgan fingerprint density at radius 2 is 1.90 bits per heavy atom. The van der Waals surface area contributed by atoms with Crippen molar-refractivity contribution in [2.24, 2.45) is 5.41 Å². The molecule has 0 atom stereocenters. The molecule has 0 aliphatic carbocycles. The molecule has 0 unspecified atom stereocenters. The minimum Gasteiger partial charge on any atom is -0.487 e. The van der Waals surface area contributed by atoms with Gasteiger partial charge in [-0.3, -0.25) is 9.69 Å². The predicted molar refractivity (Wildman–Crippen MR) is 111 cm³/mol. The van der Waals surface area contributed by atoms with E-state index in [2.05, 4.69) is 10.6 Å². The lowest BCUT2D eigenvalue weighted by molar-refractivity contribution is -0.148. The largest absolute Gasteiger partial charge is 0.487 e. The highest BCUT2D eigenvalue weighted by molar-refractivity contribution is 5.91. The van der Waals surface area contributed by atoms with E-state index in [1.54, 1.807) is 4.90 Å². The normalized spacial score (nSPS) is 18.3. The number of hydrogen-bond acceptors (Lipinski definition) is 4. The van der Waals surface area contributed by atoms with Crippen LogP contribution in [0, 0.1) is 5.41 Å².